The zero-order valence-corrected chi connectivity index (χ0v) is 17.0. The van der Waals surface area contributed by atoms with Crippen molar-refractivity contribution in [2.75, 3.05) is 11.9 Å². The van der Waals surface area contributed by atoms with Crippen molar-refractivity contribution in [1.82, 2.24) is 9.97 Å². The molecule has 0 unspecified atom stereocenters. The molecule has 0 saturated heterocycles. The molecule has 7 nitrogen and oxygen atoms in total. The van der Waals surface area contributed by atoms with Gasteiger partial charge in [0.15, 0.2) is 0 Å². The van der Waals surface area contributed by atoms with Crippen LogP contribution in [0.15, 0.2) is 59.5 Å². The Hall–Kier alpha value is -3.45. The van der Waals surface area contributed by atoms with Gasteiger partial charge in [-0.25, -0.2) is 9.78 Å². The third kappa shape index (κ3) is 5.12. The van der Waals surface area contributed by atoms with Crippen molar-refractivity contribution in [1.29, 1.82) is 0 Å². The molecular formula is C22H20ClN3O4. The molecule has 30 heavy (non-hydrogen) atoms. The SMILES string of the molecule is CCCCOC(=O)c1ccccc1NC(=O)c1cnc(-c2ccc(Cl)cc2)[nH]c1=O. The lowest BCUT2D eigenvalue weighted by Crippen LogP contribution is -2.25. The van der Waals surface area contributed by atoms with E-state index in [0.29, 0.717) is 23.0 Å². The Balaban J connectivity index is 1.79. The summed E-state index contributed by atoms with van der Waals surface area (Å²) in [6, 6.07) is 13.2. The standard InChI is InChI=1S/C22H20ClN3O4/c1-2-3-12-30-22(29)16-6-4-5-7-18(16)25-20(27)17-13-24-19(26-21(17)28)14-8-10-15(23)11-9-14/h4-11,13H,2-3,12H2,1H3,(H,25,27)(H,24,26,28). The third-order valence-corrected chi connectivity index (χ3v) is 4.54. The lowest BCUT2D eigenvalue weighted by molar-refractivity contribution is 0.0501. The number of nitrogens with one attached hydrogen (secondary N) is 2. The number of rotatable bonds is 7. The van der Waals surface area contributed by atoms with Crippen molar-refractivity contribution in [2.45, 2.75) is 19.8 Å². The Morgan fingerprint density at radius 1 is 1.10 bits per heavy atom. The van der Waals surface area contributed by atoms with Crippen LogP contribution in [0.1, 0.15) is 40.5 Å². The molecule has 0 fully saturated rings. The van der Waals surface area contributed by atoms with E-state index in [0.717, 1.165) is 12.8 Å². The number of amides is 1. The van der Waals surface area contributed by atoms with E-state index < -0.39 is 17.4 Å². The maximum Gasteiger partial charge on any atom is 0.340 e. The number of hydrogen-bond donors (Lipinski definition) is 2. The van der Waals surface area contributed by atoms with E-state index >= 15 is 0 Å². The maximum atomic E-state index is 12.6. The van der Waals surface area contributed by atoms with Gasteiger partial charge in [-0.05, 0) is 42.8 Å². The number of carbonyl (C=O) groups excluding carboxylic acids is 2. The first-order chi connectivity index (χ1) is 14.5. The van der Waals surface area contributed by atoms with Crippen molar-refractivity contribution < 1.29 is 14.3 Å². The zero-order valence-electron chi connectivity index (χ0n) is 16.3. The highest BCUT2D eigenvalue weighted by atomic mass is 35.5. The molecule has 0 bridgehead atoms. The van der Waals surface area contributed by atoms with Crippen molar-refractivity contribution in [3.63, 3.8) is 0 Å². The Morgan fingerprint density at radius 3 is 2.53 bits per heavy atom. The van der Waals surface area contributed by atoms with Crippen molar-refractivity contribution in [3.05, 3.63) is 81.2 Å². The number of carbonyl (C=O) groups is 2. The molecule has 0 radical (unpaired) electrons. The molecule has 0 aliphatic heterocycles. The fraction of sp³-hybridized carbons (Fsp3) is 0.182. The van der Waals surface area contributed by atoms with Crippen LogP contribution in [0.3, 0.4) is 0 Å². The van der Waals surface area contributed by atoms with Gasteiger partial charge in [0.25, 0.3) is 11.5 Å². The quantitative estimate of drug-likeness (QED) is 0.434. The summed E-state index contributed by atoms with van der Waals surface area (Å²) in [6.45, 7) is 2.29. The number of hydrogen-bond acceptors (Lipinski definition) is 5. The number of benzene rings is 2. The Kier molecular flexibility index (Phi) is 6.98. The van der Waals surface area contributed by atoms with Crippen LogP contribution >= 0.6 is 11.6 Å². The first-order valence-electron chi connectivity index (χ1n) is 9.42. The minimum absolute atomic E-state index is 0.179. The molecule has 1 heterocycles. The highest BCUT2D eigenvalue weighted by molar-refractivity contribution is 6.30. The number of H-pyrrole nitrogens is 1. The molecule has 0 aliphatic carbocycles. The van der Waals surface area contributed by atoms with Gasteiger partial charge in [0, 0.05) is 16.8 Å². The number of aromatic nitrogens is 2. The predicted octanol–water partition coefficient (Wildman–Crippen LogP) is 4.30. The number of ether oxygens (including phenoxy) is 1. The van der Waals surface area contributed by atoms with Crippen LogP contribution in [-0.4, -0.2) is 28.5 Å². The predicted molar refractivity (Wildman–Crippen MR) is 115 cm³/mol. The summed E-state index contributed by atoms with van der Waals surface area (Å²) in [4.78, 5) is 44.1. The second-order valence-electron chi connectivity index (χ2n) is 6.47. The molecule has 0 aliphatic rings. The summed E-state index contributed by atoms with van der Waals surface area (Å²) in [7, 11) is 0. The van der Waals surface area contributed by atoms with E-state index in [1.807, 2.05) is 6.92 Å². The van der Waals surface area contributed by atoms with Crippen LogP contribution in [-0.2, 0) is 4.74 Å². The fourth-order valence-corrected chi connectivity index (χ4v) is 2.78. The smallest absolute Gasteiger partial charge is 0.340 e. The van der Waals surface area contributed by atoms with Crippen LogP contribution in [0.25, 0.3) is 11.4 Å². The summed E-state index contributed by atoms with van der Waals surface area (Å²) in [6.07, 6.45) is 2.84. The summed E-state index contributed by atoms with van der Waals surface area (Å²) >= 11 is 5.87. The normalized spacial score (nSPS) is 10.5. The number of halogens is 1. The monoisotopic (exact) mass is 425 g/mol. The van der Waals surface area contributed by atoms with Crippen LogP contribution < -0.4 is 10.9 Å². The summed E-state index contributed by atoms with van der Waals surface area (Å²) < 4.78 is 5.21. The van der Waals surface area contributed by atoms with E-state index in [4.69, 9.17) is 16.3 Å². The lowest BCUT2D eigenvalue weighted by atomic mass is 10.1. The van der Waals surface area contributed by atoms with Gasteiger partial charge in [0.1, 0.15) is 11.4 Å². The van der Waals surface area contributed by atoms with Crippen molar-refractivity contribution in [2.24, 2.45) is 0 Å². The van der Waals surface area contributed by atoms with E-state index in [9.17, 15) is 14.4 Å². The average molecular weight is 426 g/mol. The largest absolute Gasteiger partial charge is 0.462 e. The molecule has 1 amide bonds. The molecule has 2 aromatic carbocycles. The number of esters is 1. The van der Waals surface area contributed by atoms with Crippen molar-refractivity contribution in [3.8, 4) is 11.4 Å². The molecule has 3 rings (SSSR count). The van der Waals surface area contributed by atoms with E-state index in [2.05, 4.69) is 15.3 Å². The van der Waals surface area contributed by atoms with Gasteiger partial charge in [-0.2, -0.15) is 0 Å². The van der Waals surface area contributed by atoms with Crippen LogP contribution in [0.4, 0.5) is 5.69 Å². The molecule has 0 atom stereocenters. The molecular weight excluding hydrogens is 406 g/mol. The van der Waals surface area contributed by atoms with Crippen LogP contribution in [0, 0.1) is 0 Å². The molecule has 0 saturated carbocycles. The highest BCUT2D eigenvalue weighted by Crippen LogP contribution is 2.19. The Bertz CT molecular complexity index is 1110. The molecule has 8 heteroatoms. The van der Waals surface area contributed by atoms with Crippen LogP contribution in [0.2, 0.25) is 5.02 Å². The topological polar surface area (TPSA) is 101 Å². The van der Waals surface area contributed by atoms with Gasteiger partial charge in [0.05, 0.1) is 17.9 Å². The number of aromatic amines is 1. The van der Waals surface area contributed by atoms with E-state index in [1.54, 1.807) is 48.5 Å². The molecule has 1 aromatic heterocycles. The van der Waals surface area contributed by atoms with Gasteiger partial charge >= 0.3 is 5.97 Å². The fourth-order valence-electron chi connectivity index (χ4n) is 2.66. The first kappa shape index (κ1) is 21.3. The minimum Gasteiger partial charge on any atom is -0.462 e. The van der Waals surface area contributed by atoms with Gasteiger partial charge in [0.2, 0.25) is 0 Å². The molecule has 2 N–H and O–H groups in total. The second kappa shape index (κ2) is 9.84. The first-order valence-corrected chi connectivity index (χ1v) is 9.80. The molecule has 0 spiro atoms. The van der Waals surface area contributed by atoms with E-state index in [-0.39, 0.29) is 16.8 Å². The Morgan fingerprint density at radius 2 is 1.83 bits per heavy atom. The average Bonchev–Trinajstić information content (AvgIpc) is 2.74. The second-order valence-corrected chi connectivity index (χ2v) is 6.91. The number of unbranched alkanes of at least 4 members (excludes halogenated alkanes) is 1. The summed E-state index contributed by atoms with van der Waals surface area (Å²) in [5.74, 6) is -0.905. The zero-order chi connectivity index (χ0) is 21.5. The highest BCUT2D eigenvalue weighted by Gasteiger charge is 2.17. The minimum atomic E-state index is -0.680. The maximum absolute atomic E-state index is 12.6. The number of para-hydroxylation sites is 1. The lowest BCUT2D eigenvalue weighted by Gasteiger charge is -2.11. The van der Waals surface area contributed by atoms with Gasteiger partial charge in [-0.1, -0.05) is 37.1 Å². The van der Waals surface area contributed by atoms with Gasteiger partial charge < -0.3 is 15.0 Å². The summed E-state index contributed by atoms with van der Waals surface area (Å²) in [5, 5.41) is 3.15. The number of anilines is 1. The number of nitrogens with zero attached hydrogens (tertiary/aromatic N) is 1. The van der Waals surface area contributed by atoms with Crippen LogP contribution in [0.5, 0.6) is 0 Å². The Labute approximate surface area is 178 Å². The van der Waals surface area contributed by atoms with Gasteiger partial charge in [-0.15, -0.1) is 0 Å². The van der Waals surface area contributed by atoms with Gasteiger partial charge in [-0.3, -0.25) is 9.59 Å². The molecule has 3 aromatic rings. The summed E-state index contributed by atoms with van der Waals surface area (Å²) in [5.41, 5.74) is 0.343. The van der Waals surface area contributed by atoms with E-state index in [1.165, 1.54) is 6.20 Å². The third-order valence-electron chi connectivity index (χ3n) is 4.29. The molecule has 154 valence electrons. The van der Waals surface area contributed by atoms with Crippen molar-refractivity contribution >= 4 is 29.2 Å².